The summed E-state index contributed by atoms with van der Waals surface area (Å²) in [5.41, 5.74) is -0.495. The van der Waals surface area contributed by atoms with E-state index in [1.54, 1.807) is 12.1 Å². The highest BCUT2D eigenvalue weighted by Crippen LogP contribution is 2.19. The lowest BCUT2D eigenvalue weighted by molar-refractivity contribution is -0.115. The topological polar surface area (TPSA) is 58.2 Å². The van der Waals surface area contributed by atoms with E-state index < -0.39 is 41.5 Å². The lowest BCUT2D eigenvalue weighted by Crippen LogP contribution is -2.32. The van der Waals surface area contributed by atoms with Gasteiger partial charge in [0.05, 0.1) is 17.1 Å². The number of carbonyl (C=O) groups excluding carboxylic acids is 2. The van der Waals surface area contributed by atoms with Crippen LogP contribution in [0.4, 0.5) is 18.9 Å². The minimum absolute atomic E-state index is 0.422. The van der Waals surface area contributed by atoms with E-state index in [4.69, 9.17) is 0 Å². The number of amides is 2. The molecule has 0 aliphatic heterocycles. The fourth-order valence-corrected chi connectivity index (χ4v) is 2.40. The van der Waals surface area contributed by atoms with Crippen LogP contribution >= 0.6 is 11.3 Å². The molecule has 2 amide bonds. The Morgan fingerprint density at radius 3 is 2.45 bits per heavy atom. The second kappa shape index (κ2) is 6.61. The predicted octanol–water partition coefficient (Wildman–Crippen LogP) is 2.84. The van der Waals surface area contributed by atoms with Crippen LogP contribution in [0, 0.1) is 24.4 Å². The Morgan fingerprint density at radius 1 is 1.09 bits per heavy atom. The minimum atomic E-state index is -1.67. The van der Waals surface area contributed by atoms with E-state index in [0.717, 1.165) is 10.9 Å². The Morgan fingerprint density at radius 2 is 1.82 bits per heavy atom. The van der Waals surface area contributed by atoms with Crippen molar-refractivity contribution in [2.24, 2.45) is 0 Å². The minimum Gasteiger partial charge on any atom is -0.342 e. The first-order chi connectivity index (χ1) is 10.4. The lowest BCUT2D eigenvalue weighted by atomic mass is 10.2. The van der Waals surface area contributed by atoms with E-state index in [9.17, 15) is 22.8 Å². The van der Waals surface area contributed by atoms with Gasteiger partial charge in [0.2, 0.25) is 5.91 Å². The molecule has 0 aliphatic rings. The van der Waals surface area contributed by atoms with Gasteiger partial charge in [0, 0.05) is 4.88 Å². The van der Waals surface area contributed by atoms with Crippen LogP contribution in [0.5, 0.6) is 0 Å². The van der Waals surface area contributed by atoms with Crippen molar-refractivity contribution in [2.75, 3.05) is 11.9 Å². The molecular formula is C14H11F3N2O2S. The maximum atomic E-state index is 13.4. The Hall–Kier alpha value is -2.35. The summed E-state index contributed by atoms with van der Waals surface area (Å²) >= 11 is 1.26. The SMILES string of the molecule is Cc1ccc(C(=O)NCC(=O)Nc2ccc(F)c(F)c2F)s1. The molecule has 0 unspecified atom stereocenters. The van der Waals surface area contributed by atoms with Gasteiger partial charge in [-0.25, -0.2) is 13.2 Å². The number of benzene rings is 1. The summed E-state index contributed by atoms with van der Waals surface area (Å²) in [5, 5.41) is 4.41. The number of nitrogens with one attached hydrogen (secondary N) is 2. The predicted molar refractivity (Wildman–Crippen MR) is 76.3 cm³/mol. The smallest absolute Gasteiger partial charge is 0.261 e. The molecule has 0 spiro atoms. The maximum absolute atomic E-state index is 13.4. The molecule has 0 saturated carbocycles. The molecule has 1 aromatic heterocycles. The average molecular weight is 328 g/mol. The average Bonchev–Trinajstić information content (AvgIpc) is 2.92. The standard InChI is InChI=1S/C14H11F3N2O2S/c1-7-2-5-10(22-7)14(21)18-6-11(20)19-9-4-3-8(15)12(16)13(9)17/h2-5H,6H2,1H3,(H,18,21)(H,19,20). The van der Waals surface area contributed by atoms with Gasteiger partial charge in [0.15, 0.2) is 17.5 Å². The van der Waals surface area contributed by atoms with Gasteiger partial charge in [-0.15, -0.1) is 11.3 Å². The fourth-order valence-electron chi connectivity index (χ4n) is 1.62. The van der Waals surface area contributed by atoms with Crippen molar-refractivity contribution in [3.63, 3.8) is 0 Å². The Bertz CT molecular complexity index is 731. The first-order valence-corrected chi connectivity index (χ1v) is 6.98. The monoisotopic (exact) mass is 328 g/mol. The highest BCUT2D eigenvalue weighted by atomic mass is 32.1. The molecule has 2 aromatic rings. The molecule has 0 fully saturated rings. The van der Waals surface area contributed by atoms with Crippen molar-refractivity contribution in [1.82, 2.24) is 5.32 Å². The fraction of sp³-hybridized carbons (Fsp3) is 0.143. The van der Waals surface area contributed by atoms with Crippen molar-refractivity contribution >= 4 is 28.8 Å². The van der Waals surface area contributed by atoms with E-state index >= 15 is 0 Å². The van der Waals surface area contributed by atoms with Crippen LogP contribution in [0.3, 0.4) is 0 Å². The Kier molecular flexibility index (Phi) is 4.81. The van der Waals surface area contributed by atoms with Crippen molar-refractivity contribution in [3.05, 3.63) is 51.5 Å². The molecule has 0 atom stereocenters. The number of halogens is 3. The second-order valence-electron chi connectivity index (χ2n) is 4.36. The molecule has 2 rings (SSSR count). The summed E-state index contributed by atoms with van der Waals surface area (Å²) in [4.78, 5) is 24.7. The van der Waals surface area contributed by atoms with Gasteiger partial charge >= 0.3 is 0 Å². The van der Waals surface area contributed by atoms with Crippen LogP contribution < -0.4 is 10.6 Å². The summed E-state index contributed by atoms with van der Waals surface area (Å²) in [7, 11) is 0. The zero-order valence-corrected chi connectivity index (χ0v) is 12.2. The molecule has 1 aromatic carbocycles. The van der Waals surface area contributed by atoms with Crippen LogP contribution in [0.25, 0.3) is 0 Å². The third-order valence-electron chi connectivity index (χ3n) is 2.68. The maximum Gasteiger partial charge on any atom is 0.261 e. The zero-order chi connectivity index (χ0) is 16.3. The molecule has 22 heavy (non-hydrogen) atoms. The number of anilines is 1. The van der Waals surface area contributed by atoms with Gasteiger partial charge in [-0.05, 0) is 31.2 Å². The normalized spacial score (nSPS) is 10.4. The first-order valence-electron chi connectivity index (χ1n) is 6.16. The summed E-state index contributed by atoms with van der Waals surface area (Å²) in [5.74, 6) is -5.72. The van der Waals surface area contributed by atoms with Crippen LogP contribution in [0.15, 0.2) is 24.3 Å². The van der Waals surface area contributed by atoms with Crippen molar-refractivity contribution < 1.29 is 22.8 Å². The van der Waals surface area contributed by atoms with Gasteiger partial charge in [-0.2, -0.15) is 0 Å². The molecule has 8 heteroatoms. The molecule has 0 aliphatic carbocycles. The quantitative estimate of drug-likeness (QED) is 0.848. The number of aryl methyl sites for hydroxylation is 1. The van der Waals surface area contributed by atoms with Crippen molar-refractivity contribution in [2.45, 2.75) is 6.92 Å². The summed E-state index contributed by atoms with van der Waals surface area (Å²) in [6.45, 7) is 1.41. The summed E-state index contributed by atoms with van der Waals surface area (Å²) in [6, 6.07) is 4.97. The van der Waals surface area contributed by atoms with E-state index in [-0.39, 0.29) is 0 Å². The van der Waals surface area contributed by atoms with E-state index in [2.05, 4.69) is 10.6 Å². The summed E-state index contributed by atoms with van der Waals surface area (Å²) in [6.07, 6.45) is 0. The van der Waals surface area contributed by atoms with Gasteiger partial charge < -0.3 is 10.6 Å². The molecule has 2 N–H and O–H groups in total. The van der Waals surface area contributed by atoms with E-state index in [0.29, 0.717) is 10.9 Å². The van der Waals surface area contributed by atoms with Gasteiger partial charge in [-0.1, -0.05) is 0 Å². The highest BCUT2D eigenvalue weighted by molar-refractivity contribution is 7.13. The first kappa shape index (κ1) is 16.0. The van der Waals surface area contributed by atoms with Crippen LogP contribution in [0.1, 0.15) is 14.5 Å². The summed E-state index contributed by atoms with van der Waals surface area (Å²) < 4.78 is 39.1. The largest absolute Gasteiger partial charge is 0.342 e. The molecule has 0 bridgehead atoms. The number of hydrogen-bond acceptors (Lipinski definition) is 3. The van der Waals surface area contributed by atoms with Gasteiger partial charge in [0.25, 0.3) is 5.91 Å². The van der Waals surface area contributed by atoms with E-state index in [1.165, 1.54) is 11.3 Å². The highest BCUT2D eigenvalue weighted by Gasteiger charge is 2.16. The zero-order valence-electron chi connectivity index (χ0n) is 11.4. The second-order valence-corrected chi connectivity index (χ2v) is 5.65. The molecule has 0 saturated heterocycles. The van der Waals surface area contributed by atoms with Crippen LogP contribution in [-0.2, 0) is 4.79 Å². The Balaban J connectivity index is 1.94. The molecular weight excluding hydrogens is 317 g/mol. The number of rotatable bonds is 4. The molecule has 1 heterocycles. The third-order valence-corrected chi connectivity index (χ3v) is 3.68. The van der Waals surface area contributed by atoms with Gasteiger partial charge in [0.1, 0.15) is 0 Å². The number of hydrogen-bond donors (Lipinski definition) is 2. The third kappa shape index (κ3) is 3.64. The van der Waals surface area contributed by atoms with Crippen LogP contribution in [-0.4, -0.2) is 18.4 Å². The molecule has 0 radical (unpaired) electrons. The van der Waals surface area contributed by atoms with Crippen LogP contribution in [0.2, 0.25) is 0 Å². The van der Waals surface area contributed by atoms with Gasteiger partial charge in [-0.3, -0.25) is 9.59 Å². The molecule has 4 nitrogen and oxygen atoms in total. The molecule has 116 valence electrons. The Labute approximate surface area is 128 Å². The van der Waals surface area contributed by atoms with Crippen molar-refractivity contribution in [3.8, 4) is 0 Å². The van der Waals surface area contributed by atoms with E-state index in [1.807, 2.05) is 6.92 Å². The number of thiophene rings is 1. The number of carbonyl (C=O) groups is 2. The van der Waals surface area contributed by atoms with Crippen molar-refractivity contribution in [1.29, 1.82) is 0 Å². The lowest BCUT2D eigenvalue weighted by Gasteiger charge is -2.08.